The lowest BCUT2D eigenvalue weighted by atomic mass is 10.1. The van der Waals surface area contributed by atoms with Crippen LogP contribution in [0.4, 0.5) is 8.78 Å². The Hall–Kier alpha value is -1.47. The second-order valence-corrected chi connectivity index (χ2v) is 8.10. The Balaban J connectivity index is 2.10. The Kier molecular flexibility index (Phi) is 5.10. The number of alkyl halides is 3. The highest BCUT2D eigenvalue weighted by Gasteiger charge is 2.35. The van der Waals surface area contributed by atoms with E-state index in [-0.39, 0.29) is 16.4 Å². The molecule has 0 fully saturated rings. The van der Waals surface area contributed by atoms with Gasteiger partial charge in [-0.3, -0.25) is 4.79 Å². The average molecular weight is 361 g/mol. The second-order valence-electron chi connectivity index (χ2n) is 5.82. The summed E-state index contributed by atoms with van der Waals surface area (Å²) in [6, 6.07) is 6.37. The smallest absolute Gasteiger partial charge is 0.331 e. The predicted molar refractivity (Wildman–Crippen MR) is 86.0 cm³/mol. The molecule has 0 amide bonds. The minimum absolute atomic E-state index is 0.00225. The zero-order valence-corrected chi connectivity index (χ0v) is 14.3. The molecule has 2 aromatic rings. The van der Waals surface area contributed by atoms with Gasteiger partial charge in [0.25, 0.3) is 0 Å². The number of Topliss-reactive ketones (excluding diaryl/α,β-unsaturated/α-hetero) is 1. The first-order valence-corrected chi connectivity index (χ1v) is 8.11. The van der Waals surface area contributed by atoms with Gasteiger partial charge in [0, 0.05) is 15.9 Å². The standard InChI is InChI=1S/C15H15ClF2N2O2S/c1-14(2,3)23-8-11(21)9-4-6-10(7-5-9)12-19-13(22-20-12)15(16,17)18/h4-7H,8H2,1-3H3. The molecule has 0 aliphatic carbocycles. The lowest BCUT2D eigenvalue weighted by molar-refractivity contribution is 0.0551. The highest BCUT2D eigenvalue weighted by Crippen LogP contribution is 2.32. The molecule has 0 bridgehead atoms. The minimum Gasteiger partial charge on any atom is -0.331 e. The Labute approximate surface area is 141 Å². The third-order valence-electron chi connectivity index (χ3n) is 2.77. The molecule has 23 heavy (non-hydrogen) atoms. The first-order valence-electron chi connectivity index (χ1n) is 6.75. The lowest BCUT2D eigenvalue weighted by Crippen LogP contribution is -2.13. The van der Waals surface area contributed by atoms with E-state index in [1.165, 1.54) is 0 Å². The number of rotatable bonds is 5. The molecule has 0 aliphatic heterocycles. The lowest BCUT2D eigenvalue weighted by Gasteiger charge is -2.16. The van der Waals surface area contributed by atoms with Crippen LogP contribution in [0.25, 0.3) is 11.4 Å². The van der Waals surface area contributed by atoms with E-state index in [0.29, 0.717) is 16.9 Å². The van der Waals surface area contributed by atoms with E-state index in [2.05, 4.69) is 14.7 Å². The van der Waals surface area contributed by atoms with E-state index in [4.69, 9.17) is 11.6 Å². The molecule has 0 saturated heterocycles. The Morgan fingerprint density at radius 1 is 1.26 bits per heavy atom. The van der Waals surface area contributed by atoms with Crippen LogP contribution in [-0.4, -0.2) is 26.4 Å². The fourth-order valence-electron chi connectivity index (χ4n) is 1.63. The summed E-state index contributed by atoms with van der Waals surface area (Å²) in [4.78, 5) is 15.6. The summed E-state index contributed by atoms with van der Waals surface area (Å²) in [6.07, 6.45) is 0. The van der Waals surface area contributed by atoms with Crippen LogP contribution in [0.5, 0.6) is 0 Å². The number of aromatic nitrogens is 2. The molecular formula is C15H15ClF2N2O2S. The normalized spacial score (nSPS) is 12.4. The summed E-state index contributed by atoms with van der Waals surface area (Å²) in [6.45, 7) is 6.11. The Morgan fingerprint density at radius 3 is 2.35 bits per heavy atom. The summed E-state index contributed by atoms with van der Waals surface area (Å²) < 4.78 is 30.1. The van der Waals surface area contributed by atoms with Crippen LogP contribution in [0.3, 0.4) is 0 Å². The number of carbonyl (C=O) groups excluding carboxylic acids is 1. The van der Waals surface area contributed by atoms with Crippen LogP contribution in [0.15, 0.2) is 28.8 Å². The van der Waals surface area contributed by atoms with Gasteiger partial charge in [0.2, 0.25) is 5.82 Å². The van der Waals surface area contributed by atoms with E-state index >= 15 is 0 Å². The van der Waals surface area contributed by atoms with Crippen LogP contribution < -0.4 is 0 Å². The second kappa shape index (κ2) is 6.57. The van der Waals surface area contributed by atoms with Gasteiger partial charge in [-0.05, 0) is 11.6 Å². The molecule has 124 valence electrons. The van der Waals surface area contributed by atoms with E-state index in [0.717, 1.165) is 0 Å². The zero-order chi connectivity index (χ0) is 17.3. The number of hydrogen-bond donors (Lipinski definition) is 0. The van der Waals surface area contributed by atoms with Gasteiger partial charge in [0.05, 0.1) is 5.75 Å². The third kappa shape index (κ3) is 5.00. The van der Waals surface area contributed by atoms with Crippen molar-refractivity contribution in [2.45, 2.75) is 30.9 Å². The first kappa shape index (κ1) is 17.9. The van der Waals surface area contributed by atoms with E-state index in [9.17, 15) is 13.6 Å². The molecule has 1 aromatic heterocycles. The molecule has 0 spiro atoms. The summed E-state index contributed by atoms with van der Waals surface area (Å²) in [7, 11) is 0. The number of halogens is 3. The number of carbonyl (C=O) groups is 1. The molecular weight excluding hydrogens is 346 g/mol. The average Bonchev–Trinajstić information content (AvgIpc) is 2.94. The first-order chi connectivity index (χ1) is 10.6. The van der Waals surface area contributed by atoms with E-state index in [1.807, 2.05) is 20.8 Å². The molecule has 0 saturated carbocycles. The molecule has 1 heterocycles. The van der Waals surface area contributed by atoms with Crippen LogP contribution in [-0.2, 0) is 5.38 Å². The van der Waals surface area contributed by atoms with Gasteiger partial charge in [-0.25, -0.2) is 0 Å². The van der Waals surface area contributed by atoms with Crippen molar-refractivity contribution in [2.24, 2.45) is 0 Å². The van der Waals surface area contributed by atoms with E-state index in [1.54, 1.807) is 36.0 Å². The topological polar surface area (TPSA) is 56.0 Å². The third-order valence-corrected chi connectivity index (χ3v) is 4.20. The molecule has 0 aliphatic rings. The highest BCUT2D eigenvalue weighted by atomic mass is 35.5. The minimum atomic E-state index is -3.70. The maximum Gasteiger partial charge on any atom is 0.400 e. The molecule has 2 rings (SSSR count). The number of benzene rings is 1. The Bertz CT molecular complexity index is 691. The van der Waals surface area contributed by atoms with Crippen molar-refractivity contribution in [3.8, 4) is 11.4 Å². The summed E-state index contributed by atoms with van der Waals surface area (Å²) >= 11 is 6.38. The molecule has 0 atom stereocenters. The molecule has 0 radical (unpaired) electrons. The van der Waals surface area contributed by atoms with Crippen molar-refractivity contribution in [1.29, 1.82) is 0 Å². The monoisotopic (exact) mass is 360 g/mol. The predicted octanol–water partition coefficient (Wildman–Crippen LogP) is 4.74. The quantitative estimate of drug-likeness (QED) is 0.569. The van der Waals surface area contributed by atoms with E-state index < -0.39 is 11.3 Å². The van der Waals surface area contributed by atoms with Crippen molar-refractivity contribution in [2.75, 3.05) is 5.75 Å². The SMILES string of the molecule is CC(C)(C)SCC(=O)c1ccc(-c2noc(C(F)(F)Cl)n2)cc1. The summed E-state index contributed by atoms with van der Waals surface area (Å²) in [5, 5.41) is -0.247. The summed E-state index contributed by atoms with van der Waals surface area (Å²) in [5.41, 5.74) is 0.998. The van der Waals surface area contributed by atoms with Gasteiger partial charge >= 0.3 is 11.3 Å². The van der Waals surface area contributed by atoms with Gasteiger partial charge in [0.15, 0.2) is 5.78 Å². The van der Waals surface area contributed by atoms with Gasteiger partial charge in [-0.2, -0.15) is 13.8 Å². The summed E-state index contributed by atoms with van der Waals surface area (Å²) in [5.74, 6) is -0.606. The van der Waals surface area contributed by atoms with Gasteiger partial charge in [0.1, 0.15) is 0 Å². The van der Waals surface area contributed by atoms with Crippen molar-refractivity contribution < 1.29 is 18.1 Å². The maximum absolute atomic E-state index is 12.9. The van der Waals surface area contributed by atoms with Crippen LogP contribution >= 0.6 is 23.4 Å². The molecule has 4 nitrogen and oxygen atoms in total. The van der Waals surface area contributed by atoms with Crippen LogP contribution in [0, 0.1) is 0 Å². The van der Waals surface area contributed by atoms with Crippen molar-refractivity contribution in [1.82, 2.24) is 10.1 Å². The van der Waals surface area contributed by atoms with Crippen molar-refractivity contribution in [3.05, 3.63) is 35.7 Å². The molecule has 0 unspecified atom stereocenters. The van der Waals surface area contributed by atoms with Crippen molar-refractivity contribution in [3.63, 3.8) is 0 Å². The molecule has 0 N–H and O–H groups in total. The van der Waals surface area contributed by atoms with Crippen LogP contribution in [0.1, 0.15) is 37.0 Å². The van der Waals surface area contributed by atoms with Gasteiger partial charge in [-0.1, -0.05) is 50.2 Å². The largest absolute Gasteiger partial charge is 0.400 e. The highest BCUT2D eigenvalue weighted by molar-refractivity contribution is 8.01. The molecule has 1 aromatic carbocycles. The number of thioether (sulfide) groups is 1. The molecule has 8 heteroatoms. The number of hydrogen-bond acceptors (Lipinski definition) is 5. The fourth-order valence-corrected chi connectivity index (χ4v) is 2.43. The Morgan fingerprint density at radius 2 is 1.87 bits per heavy atom. The fraction of sp³-hybridized carbons (Fsp3) is 0.400. The number of ketones is 1. The maximum atomic E-state index is 12.9. The zero-order valence-electron chi connectivity index (χ0n) is 12.8. The number of nitrogens with zero attached hydrogens (tertiary/aromatic N) is 2. The van der Waals surface area contributed by atoms with Crippen LogP contribution in [0.2, 0.25) is 0 Å². The van der Waals surface area contributed by atoms with Gasteiger partial charge < -0.3 is 4.52 Å². The van der Waals surface area contributed by atoms with Gasteiger partial charge in [-0.15, -0.1) is 11.8 Å². The van der Waals surface area contributed by atoms with Crippen molar-refractivity contribution >= 4 is 29.1 Å².